The van der Waals surface area contributed by atoms with E-state index in [0.29, 0.717) is 0 Å². The van der Waals surface area contributed by atoms with E-state index in [1.165, 1.54) is 32.1 Å². The molecule has 0 spiro atoms. The van der Waals surface area contributed by atoms with Crippen LogP contribution in [-0.4, -0.2) is 43.8 Å². The smallest absolute Gasteiger partial charge is 0.0594 e. The Labute approximate surface area is 93.0 Å². The fourth-order valence-corrected chi connectivity index (χ4v) is 2.90. The monoisotopic (exact) mass is 212 g/mol. The largest absolute Gasteiger partial charge is 0.379 e. The second kappa shape index (κ2) is 5.83. The van der Waals surface area contributed by atoms with Gasteiger partial charge < -0.3 is 10.5 Å². The van der Waals surface area contributed by atoms with Crippen LogP contribution in [0.25, 0.3) is 0 Å². The SMILES string of the molecule is NCC1CCCC(N2CCOCC2)CC1. The average Bonchev–Trinajstić information content (AvgIpc) is 2.55. The maximum atomic E-state index is 5.76. The third-order valence-electron chi connectivity index (χ3n) is 3.95. The first-order chi connectivity index (χ1) is 7.40. The highest BCUT2D eigenvalue weighted by Crippen LogP contribution is 2.26. The third-order valence-corrected chi connectivity index (χ3v) is 3.95. The van der Waals surface area contributed by atoms with E-state index in [9.17, 15) is 0 Å². The Morgan fingerprint density at radius 3 is 2.60 bits per heavy atom. The van der Waals surface area contributed by atoms with Gasteiger partial charge in [0, 0.05) is 19.1 Å². The molecule has 1 saturated carbocycles. The van der Waals surface area contributed by atoms with Crippen LogP contribution >= 0.6 is 0 Å². The molecule has 1 saturated heterocycles. The highest BCUT2D eigenvalue weighted by molar-refractivity contribution is 4.79. The number of nitrogens with two attached hydrogens (primary N) is 1. The number of nitrogens with zero attached hydrogens (tertiary/aromatic N) is 1. The molecule has 0 aromatic heterocycles. The molecule has 1 aliphatic carbocycles. The maximum absolute atomic E-state index is 5.76. The Hall–Kier alpha value is -0.120. The average molecular weight is 212 g/mol. The van der Waals surface area contributed by atoms with Crippen molar-refractivity contribution in [2.75, 3.05) is 32.8 Å². The molecule has 3 heteroatoms. The van der Waals surface area contributed by atoms with Gasteiger partial charge in [-0.3, -0.25) is 4.90 Å². The quantitative estimate of drug-likeness (QED) is 0.700. The number of hydrogen-bond acceptors (Lipinski definition) is 3. The van der Waals surface area contributed by atoms with Gasteiger partial charge in [-0.1, -0.05) is 6.42 Å². The predicted octanol–water partition coefficient (Wildman–Crippen LogP) is 1.23. The summed E-state index contributed by atoms with van der Waals surface area (Å²) in [5.41, 5.74) is 5.76. The molecule has 2 fully saturated rings. The van der Waals surface area contributed by atoms with Gasteiger partial charge in [0.15, 0.2) is 0 Å². The Morgan fingerprint density at radius 2 is 1.87 bits per heavy atom. The number of morpholine rings is 1. The molecule has 88 valence electrons. The fourth-order valence-electron chi connectivity index (χ4n) is 2.90. The molecule has 2 aliphatic rings. The van der Waals surface area contributed by atoms with Crippen molar-refractivity contribution in [3.8, 4) is 0 Å². The summed E-state index contributed by atoms with van der Waals surface area (Å²) in [6.07, 6.45) is 6.76. The molecule has 15 heavy (non-hydrogen) atoms. The van der Waals surface area contributed by atoms with Gasteiger partial charge in [0.2, 0.25) is 0 Å². The topological polar surface area (TPSA) is 38.5 Å². The van der Waals surface area contributed by atoms with Crippen molar-refractivity contribution in [3.05, 3.63) is 0 Å². The molecule has 3 nitrogen and oxygen atoms in total. The molecule has 0 bridgehead atoms. The number of ether oxygens (including phenoxy) is 1. The van der Waals surface area contributed by atoms with Crippen LogP contribution in [0.1, 0.15) is 32.1 Å². The maximum Gasteiger partial charge on any atom is 0.0594 e. The van der Waals surface area contributed by atoms with Crippen molar-refractivity contribution in [1.29, 1.82) is 0 Å². The summed E-state index contributed by atoms with van der Waals surface area (Å²) < 4.78 is 5.40. The molecule has 0 aromatic rings. The van der Waals surface area contributed by atoms with Crippen molar-refractivity contribution in [3.63, 3.8) is 0 Å². The summed E-state index contributed by atoms with van der Waals surface area (Å²) in [4.78, 5) is 2.63. The van der Waals surface area contributed by atoms with Crippen LogP contribution in [0.3, 0.4) is 0 Å². The van der Waals surface area contributed by atoms with Gasteiger partial charge in [-0.25, -0.2) is 0 Å². The zero-order valence-corrected chi connectivity index (χ0v) is 9.66. The lowest BCUT2D eigenvalue weighted by Crippen LogP contribution is -2.43. The van der Waals surface area contributed by atoms with Crippen LogP contribution in [0.2, 0.25) is 0 Å². The molecular weight excluding hydrogens is 188 g/mol. The lowest BCUT2D eigenvalue weighted by atomic mass is 10.0. The van der Waals surface area contributed by atoms with E-state index in [-0.39, 0.29) is 0 Å². The lowest BCUT2D eigenvalue weighted by Gasteiger charge is -2.34. The van der Waals surface area contributed by atoms with Crippen molar-refractivity contribution < 1.29 is 4.74 Å². The van der Waals surface area contributed by atoms with Crippen LogP contribution in [-0.2, 0) is 4.74 Å². The fraction of sp³-hybridized carbons (Fsp3) is 1.00. The molecule has 0 radical (unpaired) electrons. The van der Waals surface area contributed by atoms with Gasteiger partial charge in [-0.05, 0) is 38.1 Å². The molecule has 0 aromatic carbocycles. The van der Waals surface area contributed by atoms with E-state index in [1.54, 1.807) is 0 Å². The molecule has 1 aliphatic heterocycles. The Morgan fingerprint density at radius 1 is 1.07 bits per heavy atom. The van der Waals surface area contributed by atoms with Gasteiger partial charge in [-0.2, -0.15) is 0 Å². The minimum Gasteiger partial charge on any atom is -0.379 e. The standard InChI is InChI=1S/C12H24N2O/c13-10-11-2-1-3-12(5-4-11)14-6-8-15-9-7-14/h11-12H,1-10,13H2. The first kappa shape index (κ1) is 11.4. The van der Waals surface area contributed by atoms with E-state index < -0.39 is 0 Å². The summed E-state index contributed by atoms with van der Waals surface area (Å²) in [7, 11) is 0. The zero-order chi connectivity index (χ0) is 10.5. The van der Waals surface area contributed by atoms with E-state index in [4.69, 9.17) is 10.5 Å². The molecule has 2 unspecified atom stereocenters. The molecule has 2 N–H and O–H groups in total. The van der Waals surface area contributed by atoms with Gasteiger partial charge in [-0.15, -0.1) is 0 Å². The van der Waals surface area contributed by atoms with Crippen LogP contribution in [0.4, 0.5) is 0 Å². The van der Waals surface area contributed by atoms with Crippen LogP contribution in [0.5, 0.6) is 0 Å². The number of hydrogen-bond donors (Lipinski definition) is 1. The Kier molecular flexibility index (Phi) is 4.42. The van der Waals surface area contributed by atoms with Crippen LogP contribution in [0, 0.1) is 5.92 Å². The summed E-state index contributed by atoms with van der Waals surface area (Å²) in [6, 6.07) is 0.811. The Balaban J connectivity index is 1.81. The van der Waals surface area contributed by atoms with E-state index in [0.717, 1.165) is 44.8 Å². The van der Waals surface area contributed by atoms with Gasteiger partial charge >= 0.3 is 0 Å². The summed E-state index contributed by atoms with van der Waals surface area (Å²) in [5, 5.41) is 0. The molecule has 0 amide bonds. The minimum atomic E-state index is 0.788. The summed E-state index contributed by atoms with van der Waals surface area (Å²) in [5.74, 6) is 0.788. The highest BCUT2D eigenvalue weighted by Gasteiger charge is 2.24. The first-order valence-electron chi connectivity index (χ1n) is 6.42. The third kappa shape index (κ3) is 3.16. The second-order valence-electron chi connectivity index (χ2n) is 4.91. The van der Waals surface area contributed by atoms with Crippen molar-refractivity contribution in [2.24, 2.45) is 11.7 Å². The second-order valence-corrected chi connectivity index (χ2v) is 4.91. The van der Waals surface area contributed by atoms with Crippen LogP contribution < -0.4 is 5.73 Å². The minimum absolute atomic E-state index is 0.788. The Bertz CT molecular complexity index is 180. The molecule has 2 rings (SSSR count). The van der Waals surface area contributed by atoms with E-state index in [2.05, 4.69) is 4.90 Å². The van der Waals surface area contributed by atoms with Crippen molar-refractivity contribution in [1.82, 2.24) is 4.90 Å². The van der Waals surface area contributed by atoms with E-state index in [1.807, 2.05) is 0 Å². The normalized spacial score (nSPS) is 35.0. The summed E-state index contributed by atoms with van der Waals surface area (Å²) in [6.45, 7) is 5.01. The van der Waals surface area contributed by atoms with Gasteiger partial charge in [0.1, 0.15) is 0 Å². The van der Waals surface area contributed by atoms with Gasteiger partial charge in [0.05, 0.1) is 13.2 Å². The molecular formula is C12H24N2O. The molecule has 2 atom stereocenters. The summed E-state index contributed by atoms with van der Waals surface area (Å²) >= 11 is 0. The highest BCUT2D eigenvalue weighted by atomic mass is 16.5. The first-order valence-corrected chi connectivity index (χ1v) is 6.42. The molecule has 1 heterocycles. The zero-order valence-electron chi connectivity index (χ0n) is 9.66. The predicted molar refractivity (Wildman–Crippen MR) is 61.8 cm³/mol. The van der Waals surface area contributed by atoms with Crippen LogP contribution in [0.15, 0.2) is 0 Å². The lowest BCUT2D eigenvalue weighted by molar-refractivity contribution is 0.0132. The van der Waals surface area contributed by atoms with Crippen molar-refractivity contribution >= 4 is 0 Å². The van der Waals surface area contributed by atoms with Gasteiger partial charge in [0.25, 0.3) is 0 Å². The van der Waals surface area contributed by atoms with E-state index >= 15 is 0 Å². The van der Waals surface area contributed by atoms with Crippen molar-refractivity contribution in [2.45, 2.75) is 38.1 Å². The number of rotatable bonds is 2.